The van der Waals surface area contributed by atoms with E-state index in [1.807, 2.05) is 13.0 Å². The highest BCUT2D eigenvalue weighted by Gasteiger charge is 2.42. The fourth-order valence-electron chi connectivity index (χ4n) is 1.40. The molecule has 0 spiro atoms. The van der Waals surface area contributed by atoms with E-state index in [2.05, 4.69) is 15.3 Å². The number of rotatable bonds is 3. The van der Waals surface area contributed by atoms with Crippen LogP contribution in [0, 0.1) is 6.92 Å². The van der Waals surface area contributed by atoms with Gasteiger partial charge in [0.05, 0.1) is 12.1 Å². The first kappa shape index (κ1) is 9.21. The number of nitrogens with one attached hydrogen (secondary N) is 1. The summed E-state index contributed by atoms with van der Waals surface area (Å²) in [5, 5.41) is 12.3. The van der Waals surface area contributed by atoms with Gasteiger partial charge in [0.1, 0.15) is 5.82 Å². The van der Waals surface area contributed by atoms with Gasteiger partial charge in [-0.25, -0.2) is 4.98 Å². The van der Waals surface area contributed by atoms with Crippen LogP contribution in [0.15, 0.2) is 6.07 Å². The first-order chi connectivity index (χ1) is 6.63. The number of aromatic nitrogens is 2. The largest absolute Gasteiger partial charge is 0.394 e. The highest BCUT2D eigenvalue weighted by molar-refractivity contribution is 5.44. The molecule has 4 N–H and O–H groups in total. The Morgan fingerprint density at radius 2 is 2.29 bits per heavy atom. The third-order valence-electron chi connectivity index (χ3n) is 2.42. The molecule has 1 fully saturated rings. The topological polar surface area (TPSA) is 84.1 Å². The Hall–Kier alpha value is -1.36. The summed E-state index contributed by atoms with van der Waals surface area (Å²) in [6.07, 6.45) is 1.96. The van der Waals surface area contributed by atoms with E-state index < -0.39 is 0 Å². The molecule has 0 aliphatic heterocycles. The Labute approximate surface area is 82.4 Å². The molecule has 2 rings (SSSR count). The maximum atomic E-state index is 9.12. The van der Waals surface area contributed by atoms with E-state index in [1.165, 1.54) is 0 Å². The molecule has 1 saturated carbocycles. The van der Waals surface area contributed by atoms with Crippen LogP contribution in [-0.2, 0) is 0 Å². The molecular formula is C9H14N4O. The van der Waals surface area contributed by atoms with E-state index >= 15 is 0 Å². The molecule has 1 aromatic heterocycles. The van der Waals surface area contributed by atoms with Crippen LogP contribution >= 0.6 is 0 Å². The molecule has 0 bridgehead atoms. The molecule has 1 aliphatic rings. The Balaban J connectivity index is 2.16. The van der Waals surface area contributed by atoms with Crippen molar-refractivity contribution in [2.75, 3.05) is 17.7 Å². The molecular weight excluding hydrogens is 180 g/mol. The molecule has 14 heavy (non-hydrogen) atoms. The molecule has 76 valence electrons. The van der Waals surface area contributed by atoms with Crippen molar-refractivity contribution in [1.82, 2.24) is 9.97 Å². The van der Waals surface area contributed by atoms with Gasteiger partial charge in [-0.1, -0.05) is 0 Å². The lowest BCUT2D eigenvalue weighted by atomic mass is 10.3. The van der Waals surface area contributed by atoms with Crippen LogP contribution < -0.4 is 11.1 Å². The zero-order valence-electron chi connectivity index (χ0n) is 8.12. The van der Waals surface area contributed by atoms with Crippen molar-refractivity contribution in [1.29, 1.82) is 0 Å². The van der Waals surface area contributed by atoms with Gasteiger partial charge in [0.25, 0.3) is 0 Å². The third-order valence-corrected chi connectivity index (χ3v) is 2.42. The van der Waals surface area contributed by atoms with Crippen LogP contribution in [0.3, 0.4) is 0 Å². The van der Waals surface area contributed by atoms with Crippen LogP contribution in [0.1, 0.15) is 18.5 Å². The van der Waals surface area contributed by atoms with Gasteiger partial charge in [-0.15, -0.1) is 0 Å². The molecule has 5 heteroatoms. The molecule has 0 radical (unpaired) electrons. The number of nitrogens with two attached hydrogens (primary N) is 1. The monoisotopic (exact) mass is 194 g/mol. The van der Waals surface area contributed by atoms with Gasteiger partial charge < -0.3 is 16.2 Å². The molecule has 0 atom stereocenters. The summed E-state index contributed by atoms with van der Waals surface area (Å²) >= 11 is 0. The van der Waals surface area contributed by atoms with E-state index in [9.17, 15) is 0 Å². The average Bonchev–Trinajstić information content (AvgIpc) is 2.83. The highest BCUT2D eigenvalue weighted by Crippen LogP contribution is 2.37. The summed E-state index contributed by atoms with van der Waals surface area (Å²) in [6.45, 7) is 2.00. The minimum Gasteiger partial charge on any atom is -0.394 e. The van der Waals surface area contributed by atoms with E-state index in [0.29, 0.717) is 5.82 Å². The molecule has 0 unspecified atom stereocenters. The zero-order chi connectivity index (χ0) is 10.2. The summed E-state index contributed by atoms with van der Waals surface area (Å²) < 4.78 is 0. The van der Waals surface area contributed by atoms with E-state index in [1.54, 1.807) is 0 Å². The summed E-state index contributed by atoms with van der Waals surface area (Å²) in [4.78, 5) is 8.03. The highest BCUT2D eigenvalue weighted by atomic mass is 16.3. The Bertz CT molecular complexity index is 328. The van der Waals surface area contributed by atoms with E-state index in [4.69, 9.17) is 10.8 Å². The van der Waals surface area contributed by atoms with Crippen molar-refractivity contribution in [3.63, 3.8) is 0 Å². The predicted molar refractivity (Wildman–Crippen MR) is 53.9 cm³/mol. The SMILES string of the molecule is Cc1cc(NC2(CO)CC2)nc(N)n1. The lowest BCUT2D eigenvalue weighted by molar-refractivity contribution is 0.266. The Morgan fingerprint density at radius 1 is 1.57 bits per heavy atom. The molecule has 0 amide bonds. The molecule has 1 heterocycles. The van der Waals surface area contributed by atoms with Gasteiger partial charge in [0, 0.05) is 11.8 Å². The zero-order valence-corrected chi connectivity index (χ0v) is 8.12. The summed E-state index contributed by atoms with van der Waals surface area (Å²) in [5.41, 5.74) is 6.18. The predicted octanol–water partition coefficient (Wildman–Crippen LogP) is 0.304. The Kier molecular flexibility index (Phi) is 2.03. The first-order valence-electron chi connectivity index (χ1n) is 4.64. The third kappa shape index (κ3) is 1.77. The second-order valence-electron chi connectivity index (χ2n) is 3.82. The lowest BCUT2D eigenvalue weighted by Gasteiger charge is -2.15. The molecule has 5 nitrogen and oxygen atoms in total. The first-order valence-corrected chi connectivity index (χ1v) is 4.64. The maximum absolute atomic E-state index is 9.12. The van der Waals surface area contributed by atoms with Crippen LogP contribution in [-0.4, -0.2) is 27.2 Å². The normalized spacial score (nSPS) is 17.9. The smallest absolute Gasteiger partial charge is 0.222 e. The van der Waals surface area contributed by atoms with Crippen LogP contribution in [0.2, 0.25) is 0 Å². The number of hydrogen-bond donors (Lipinski definition) is 3. The van der Waals surface area contributed by atoms with Gasteiger partial charge in [-0.3, -0.25) is 0 Å². The van der Waals surface area contributed by atoms with Gasteiger partial charge in [0.2, 0.25) is 5.95 Å². The average molecular weight is 194 g/mol. The minimum atomic E-state index is -0.159. The lowest BCUT2D eigenvalue weighted by Crippen LogP contribution is -2.26. The van der Waals surface area contributed by atoms with Gasteiger partial charge in [-0.2, -0.15) is 4.98 Å². The fraction of sp³-hybridized carbons (Fsp3) is 0.556. The van der Waals surface area contributed by atoms with Gasteiger partial charge >= 0.3 is 0 Å². The maximum Gasteiger partial charge on any atom is 0.222 e. The summed E-state index contributed by atoms with van der Waals surface area (Å²) in [6, 6.07) is 1.83. The van der Waals surface area contributed by atoms with Crippen LogP contribution in [0.5, 0.6) is 0 Å². The van der Waals surface area contributed by atoms with Crippen LogP contribution in [0.4, 0.5) is 11.8 Å². The van der Waals surface area contributed by atoms with Crippen LogP contribution in [0.25, 0.3) is 0 Å². The van der Waals surface area contributed by atoms with Gasteiger partial charge in [-0.05, 0) is 19.8 Å². The molecule has 1 aromatic rings. The number of nitrogens with zero attached hydrogens (tertiary/aromatic N) is 2. The van der Waals surface area contributed by atoms with Crippen molar-refractivity contribution in [3.05, 3.63) is 11.8 Å². The number of hydrogen-bond acceptors (Lipinski definition) is 5. The fourth-order valence-corrected chi connectivity index (χ4v) is 1.40. The number of nitrogen functional groups attached to an aromatic ring is 1. The summed E-state index contributed by atoms with van der Waals surface area (Å²) in [7, 11) is 0. The quantitative estimate of drug-likeness (QED) is 0.644. The number of aliphatic hydroxyl groups is 1. The number of aliphatic hydroxyl groups excluding tert-OH is 1. The number of anilines is 2. The Morgan fingerprint density at radius 3 is 2.79 bits per heavy atom. The van der Waals surface area contributed by atoms with Gasteiger partial charge in [0.15, 0.2) is 0 Å². The van der Waals surface area contributed by atoms with Crippen molar-refractivity contribution in [2.45, 2.75) is 25.3 Å². The minimum absolute atomic E-state index is 0.135. The van der Waals surface area contributed by atoms with E-state index in [0.717, 1.165) is 18.5 Å². The number of aryl methyl sites for hydroxylation is 1. The summed E-state index contributed by atoms with van der Waals surface area (Å²) in [5.74, 6) is 0.961. The molecule has 0 aromatic carbocycles. The van der Waals surface area contributed by atoms with E-state index in [-0.39, 0.29) is 18.1 Å². The second-order valence-corrected chi connectivity index (χ2v) is 3.82. The second kappa shape index (κ2) is 3.09. The van der Waals surface area contributed by atoms with Crippen molar-refractivity contribution in [3.8, 4) is 0 Å². The van der Waals surface area contributed by atoms with Crippen molar-refractivity contribution >= 4 is 11.8 Å². The standard InChI is InChI=1S/C9H14N4O/c1-6-4-7(12-8(10)11-6)13-9(5-14)2-3-9/h4,14H,2-3,5H2,1H3,(H3,10,11,12,13). The van der Waals surface area contributed by atoms with Crippen molar-refractivity contribution in [2.24, 2.45) is 0 Å². The van der Waals surface area contributed by atoms with Crippen molar-refractivity contribution < 1.29 is 5.11 Å². The molecule has 1 aliphatic carbocycles. The molecule has 0 saturated heterocycles.